The summed E-state index contributed by atoms with van der Waals surface area (Å²) in [5, 5.41) is 21.0. The molecule has 0 saturated heterocycles. The lowest BCUT2D eigenvalue weighted by atomic mass is 10.1. The fourth-order valence-corrected chi connectivity index (χ4v) is 3.61. The number of aromatic nitrogens is 1. The van der Waals surface area contributed by atoms with E-state index in [2.05, 4.69) is 9.72 Å². The van der Waals surface area contributed by atoms with Crippen molar-refractivity contribution in [2.75, 3.05) is 7.11 Å². The zero-order valence-electron chi connectivity index (χ0n) is 15.8. The van der Waals surface area contributed by atoms with Crippen LogP contribution in [0.1, 0.15) is 16.1 Å². The number of alkyl halides is 5. The number of hydrogen-bond donors (Lipinski definition) is 0. The summed E-state index contributed by atoms with van der Waals surface area (Å²) in [4.78, 5) is 14.6. The maximum Gasteiger partial charge on any atom is 0.416 e. The first kappa shape index (κ1) is 22.9. The summed E-state index contributed by atoms with van der Waals surface area (Å²) in [6.07, 6.45) is -3.51. The van der Waals surface area contributed by atoms with Gasteiger partial charge in [0.15, 0.2) is 11.5 Å². The minimum absolute atomic E-state index is 0.00580. The molecule has 0 N–H and O–H groups in total. The largest absolute Gasteiger partial charge is 0.493 e. The number of halogens is 5. The molecule has 3 rings (SSSR count). The lowest BCUT2D eigenvalue weighted by molar-refractivity contribution is -0.385. The first-order valence-electron chi connectivity index (χ1n) is 8.44. The van der Waals surface area contributed by atoms with E-state index in [0.29, 0.717) is 4.70 Å². The molecule has 166 valence electrons. The first-order chi connectivity index (χ1) is 15.0. The Balaban J connectivity index is 2.13. The highest BCUT2D eigenvalue weighted by molar-refractivity contribution is 7.19. The Kier molecular flexibility index (Phi) is 6.26. The quantitative estimate of drug-likeness (QED) is 0.192. The molecule has 2 aromatic carbocycles. The molecule has 7 nitrogen and oxygen atoms in total. The molecule has 0 aliphatic carbocycles. The van der Waals surface area contributed by atoms with Crippen molar-refractivity contribution in [3.05, 3.63) is 56.6 Å². The summed E-state index contributed by atoms with van der Waals surface area (Å²) in [6.45, 7) is -3.26. The number of nitro benzene ring substituents is 1. The zero-order valence-corrected chi connectivity index (χ0v) is 16.6. The van der Waals surface area contributed by atoms with Crippen molar-refractivity contribution < 1.29 is 36.3 Å². The van der Waals surface area contributed by atoms with E-state index < -0.39 is 34.7 Å². The summed E-state index contributed by atoms with van der Waals surface area (Å²) >= 11 is 0.910. The van der Waals surface area contributed by atoms with Gasteiger partial charge >= 0.3 is 12.8 Å². The predicted molar refractivity (Wildman–Crippen MR) is 104 cm³/mol. The first-order valence-corrected chi connectivity index (χ1v) is 9.26. The van der Waals surface area contributed by atoms with Crippen LogP contribution in [0.5, 0.6) is 11.5 Å². The molecule has 0 fully saturated rings. The molecule has 0 radical (unpaired) electrons. The Labute approximate surface area is 180 Å². The Morgan fingerprint density at radius 2 is 2.00 bits per heavy atom. The van der Waals surface area contributed by atoms with Gasteiger partial charge in [-0.05, 0) is 30.3 Å². The number of hydrogen-bond acceptors (Lipinski definition) is 7. The smallest absolute Gasteiger partial charge is 0.416 e. The molecule has 0 saturated carbocycles. The van der Waals surface area contributed by atoms with Gasteiger partial charge in [-0.1, -0.05) is 0 Å². The van der Waals surface area contributed by atoms with Gasteiger partial charge in [0.05, 0.1) is 45.0 Å². The molecule has 0 bridgehead atoms. The summed E-state index contributed by atoms with van der Waals surface area (Å²) in [6, 6.07) is 6.45. The molecule has 3 aromatic rings. The van der Waals surface area contributed by atoms with Gasteiger partial charge in [-0.25, -0.2) is 4.98 Å². The van der Waals surface area contributed by atoms with Gasteiger partial charge in [0.25, 0.3) is 5.69 Å². The number of nitro groups is 1. The Hall–Kier alpha value is -3.79. The Morgan fingerprint density at radius 1 is 1.28 bits per heavy atom. The van der Waals surface area contributed by atoms with Gasteiger partial charge in [0.2, 0.25) is 0 Å². The number of ether oxygens (including phenoxy) is 2. The highest BCUT2D eigenvalue weighted by Crippen LogP contribution is 2.38. The van der Waals surface area contributed by atoms with E-state index in [1.165, 1.54) is 6.07 Å². The van der Waals surface area contributed by atoms with Crippen molar-refractivity contribution in [3.8, 4) is 17.6 Å². The molecular weight excluding hydrogens is 461 g/mol. The van der Waals surface area contributed by atoms with E-state index in [-0.39, 0.29) is 27.4 Å². The van der Waals surface area contributed by atoms with Crippen LogP contribution in [0.25, 0.3) is 21.9 Å². The highest BCUT2D eigenvalue weighted by atomic mass is 32.1. The molecule has 0 spiro atoms. The van der Waals surface area contributed by atoms with Crippen molar-refractivity contribution >= 4 is 38.9 Å². The van der Waals surface area contributed by atoms with E-state index in [0.717, 1.165) is 48.8 Å². The number of rotatable bonds is 6. The van der Waals surface area contributed by atoms with Crippen LogP contribution < -0.4 is 9.47 Å². The van der Waals surface area contributed by atoms with Crippen LogP contribution in [0.3, 0.4) is 0 Å². The van der Waals surface area contributed by atoms with Crippen LogP contribution in [0.2, 0.25) is 0 Å². The maximum absolute atomic E-state index is 12.9. The van der Waals surface area contributed by atoms with E-state index in [1.807, 2.05) is 0 Å². The van der Waals surface area contributed by atoms with Gasteiger partial charge in [0.1, 0.15) is 11.1 Å². The van der Waals surface area contributed by atoms with E-state index in [1.54, 1.807) is 6.07 Å². The van der Waals surface area contributed by atoms with E-state index in [9.17, 15) is 37.3 Å². The van der Waals surface area contributed by atoms with E-state index in [4.69, 9.17) is 4.74 Å². The standard InChI is InChI=1S/C19H10F5N3O4S/c1-30-14-5-9(13(27(28)29)7-15(14)31-18(20)21)4-10(8-25)17-26-12-6-11(19(22,23)24)2-3-16(12)32-17/h2-7,18H,1H3/b10-4-. The van der Waals surface area contributed by atoms with Gasteiger partial charge in [0, 0.05) is 0 Å². The van der Waals surface area contributed by atoms with Crippen LogP contribution in [-0.4, -0.2) is 23.6 Å². The minimum atomic E-state index is -4.58. The summed E-state index contributed by atoms with van der Waals surface area (Å²) in [5.41, 5.74) is -1.95. The highest BCUT2D eigenvalue weighted by Gasteiger charge is 2.31. The molecule has 0 unspecified atom stereocenters. The van der Waals surface area contributed by atoms with Crippen LogP contribution in [-0.2, 0) is 6.18 Å². The normalized spacial score (nSPS) is 12.1. The van der Waals surface area contributed by atoms with Gasteiger partial charge in [-0.3, -0.25) is 10.1 Å². The van der Waals surface area contributed by atoms with Crippen molar-refractivity contribution in [2.45, 2.75) is 12.8 Å². The van der Waals surface area contributed by atoms with Gasteiger partial charge < -0.3 is 9.47 Å². The topological polar surface area (TPSA) is 98.3 Å². The number of benzene rings is 2. The molecule has 0 atom stereocenters. The lowest BCUT2D eigenvalue weighted by Crippen LogP contribution is -2.05. The third-order valence-electron chi connectivity index (χ3n) is 4.09. The lowest BCUT2D eigenvalue weighted by Gasteiger charge is -2.11. The van der Waals surface area contributed by atoms with Crippen LogP contribution in [0.15, 0.2) is 30.3 Å². The number of nitriles is 1. The number of nitrogens with zero attached hydrogens (tertiary/aromatic N) is 3. The minimum Gasteiger partial charge on any atom is -0.493 e. The predicted octanol–water partition coefficient (Wildman–Crippen LogP) is 5.90. The second-order valence-corrected chi connectivity index (χ2v) is 7.10. The van der Waals surface area contributed by atoms with Gasteiger partial charge in [-0.15, -0.1) is 11.3 Å². The molecular formula is C19H10F5N3O4S. The SMILES string of the molecule is COc1cc(/C=C(/C#N)c2nc3cc(C(F)(F)F)ccc3s2)c([N+](=O)[O-])cc1OC(F)F. The van der Waals surface area contributed by atoms with Crippen molar-refractivity contribution in [3.63, 3.8) is 0 Å². The maximum atomic E-state index is 12.9. The monoisotopic (exact) mass is 471 g/mol. The van der Waals surface area contributed by atoms with Crippen molar-refractivity contribution in [1.82, 2.24) is 4.98 Å². The summed E-state index contributed by atoms with van der Waals surface area (Å²) < 4.78 is 73.4. The molecule has 0 aliphatic heterocycles. The van der Waals surface area contributed by atoms with Gasteiger partial charge in [-0.2, -0.15) is 27.2 Å². The zero-order chi connectivity index (χ0) is 23.6. The van der Waals surface area contributed by atoms with Crippen LogP contribution in [0.4, 0.5) is 27.6 Å². The van der Waals surface area contributed by atoms with Crippen molar-refractivity contribution in [2.24, 2.45) is 0 Å². The Morgan fingerprint density at radius 3 is 2.56 bits per heavy atom. The molecule has 1 heterocycles. The molecule has 0 aliphatic rings. The number of methoxy groups -OCH3 is 1. The molecule has 32 heavy (non-hydrogen) atoms. The average Bonchev–Trinajstić information content (AvgIpc) is 3.14. The third-order valence-corrected chi connectivity index (χ3v) is 5.16. The second kappa shape index (κ2) is 8.75. The number of fused-ring (bicyclic) bond motifs is 1. The van der Waals surface area contributed by atoms with E-state index >= 15 is 0 Å². The fourth-order valence-electron chi connectivity index (χ4n) is 2.70. The average molecular weight is 471 g/mol. The van der Waals surface area contributed by atoms with Crippen LogP contribution >= 0.6 is 11.3 Å². The van der Waals surface area contributed by atoms with Crippen molar-refractivity contribution in [1.29, 1.82) is 5.26 Å². The summed E-state index contributed by atoms with van der Waals surface area (Å²) in [5.74, 6) is -0.830. The third kappa shape index (κ3) is 4.75. The van der Waals surface area contributed by atoms with Crippen LogP contribution in [0, 0.1) is 21.4 Å². The molecule has 0 amide bonds. The Bertz CT molecular complexity index is 1260. The molecule has 13 heteroatoms. The number of allylic oxidation sites excluding steroid dienone is 1. The second-order valence-electron chi connectivity index (χ2n) is 6.07. The number of thiazole rings is 1. The molecule has 1 aromatic heterocycles. The fraction of sp³-hybridized carbons (Fsp3) is 0.158. The summed E-state index contributed by atoms with van der Waals surface area (Å²) in [7, 11) is 1.13.